The quantitative estimate of drug-likeness (QED) is 0.769. The molecule has 0 heterocycles. The third-order valence-corrected chi connectivity index (χ3v) is 2.48. The maximum Gasteiger partial charge on any atom is 0.234 e. The summed E-state index contributed by atoms with van der Waals surface area (Å²) < 4.78 is 1.01. The fraction of sp³-hybridized carbons (Fsp3) is 0.250. The minimum absolute atomic E-state index is 0.0301. The van der Waals surface area contributed by atoms with Gasteiger partial charge in [-0.05, 0) is 17.7 Å². The molecule has 0 aromatic heterocycles. The second-order valence-corrected chi connectivity index (χ2v) is 4.18. The first-order chi connectivity index (χ1) is 7.13. The summed E-state index contributed by atoms with van der Waals surface area (Å²) in [6, 6.07) is 7.86. The molecule has 0 aliphatic carbocycles. The maximum atomic E-state index is 11.4. The van der Waals surface area contributed by atoms with Crippen LogP contribution in [0.25, 0.3) is 0 Å². The number of rotatable bonds is 3. The topological polar surface area (TPSA) is 20.3 Å². The summed E-state index contributed by atoms with van der Waals surface area (Å²) in [4.78, 5) is 13.0. The highest BCUT2D eigenvalue weighted by molar-refractivity contribution is 9.10. The van der Waals surface area contributed by atoms with Crippen molar-refractivity contribution >= 4 is 21.8 Å². The first-order valence-electron chi connectivity index (χ1n) is 4.55. The molecule has 0 aliphatic rings. The van der Waals surface area contributed by atoms with Crippen LogP contribution in [0, 0.1) is 12.3 Å². The third kappa shape index (κ3) is 3.77. The van der Waals surface area contributed by atoms with Crippen LogP contribution < -0.4 is 0 Å². The van der Waals surface area contributed by atoms with E-state index in [-0.39, 0.29) is 12.3 Å². The van der Waals surface area contributed by atoms with E-state index in [1.54, 1.807) is 11.9 Å². The van der Waals surface area contributed by atoms with Crippen molar-refractivity contribution in [2.24, 2.45) is 0 Å². The van der Waals surface area contributed by atoms with Crippen molar-refractivity contribution < 1.29 is 4.79 Å². The van der Waals surface area contributed by atoms with Gasteiger partial charge < -0.3 is 4.90 Å². The van der Waals surface area contributed by atoms with Gasteiger partial charge in [0.2, 0.25) is 5.91 Å². The van der Waals surface area contributed by atoms with E-state index in [4.69, 9.17) is 6.42 Å². The number of terminal acetylenes is 1. The Bertz CT molecular complexity index is 395. The van der Waals surface area contributed by atoms with Crippen LogP contribution in [0.2, 0.25) is 0 Å². The molecule has 0 N–H and O–H groups in total. The number of benzene rings is 1. The molecule has 1 amide bonds. The van der Waals surface area contributed by atoms with Crippen LogP contribution in [0.4, 0.5) is 0 Å². The molecule has 15 heavy (non-hydrogen) atoms. The summed E-state index contributed by atoms with van der Waals surface area (Å²) in [5.74, 6) is 2.31. The van der Waals surface area contributed by atoms with E-state index in [0.717, 1.165) is 10.0 Å². The summed E-state index contributed by atoms with van der Waals surface area (Å²) in [6.45, 7) is 0.583. The maximum absolute atomic E-state index is 11.4. The Balaban J connectivity index is 2.63. The minimum atomic E-state index is -0.0301. The van der Waals surface area contributed by atoms with Crippen molar-refractivity contribution in [3.8, 4) is 12.3 Å². The molecule has 0 saturated heterocycles. The van der Waals surface area contributed by atoms with Crippen molar-refractivity contribution in [2.45, 2.75) is 13.0 Å². The summed E-state index contributed by atoms with van der Waals surface area (Å²) in [5.41, 5.74) is 1.08. The molecule has 1 rings (SSSR count). The van der Waals surface area contributed by atoms with Crippen LogP contribution in [0.1, 0.15) is 12.0 Å². The lowest BCUT2D eigenvalue weighted by atomic mass is 10.2. The van der Waals surface area contributed by atoms with E-state index < -0.39 is 0 Å². The molecule has 0 bridgehead atoms. The predicted molar refractivity (Wildman–Crippen MR) is 64.1 cm³/mol. The molecule has 78 valence electrons. The van der Waals surface area contributed by atoms with E-state index in [2.05, 4.69) is 21.9 Å². The Morgan fingerprint density at radius 3 is 2.93 bits per heavy atom. The van der Waals surface area contributed by atoms with Crippen LogP contribution in [0.3, 0.4) is 0 Å². The summed E-state index contributed by atoms with van der Waals surface area (Å²) in [7, 11) is 1.75. The monoisotopic (exact) mass is 265 g/mol. The minimum Gasteiger partial charge on any atom is -0.341 e. The Morgan fingerprint density at radius 2 is 2.33 bits per heavy atom. The smallest absolute Gasteiger partial charge is 0.234 e. The van der Waals surface area contributed by atoms with Gasteiger partial charge in [0.15, 0.2) is 0 Å². The van der Waals surface area contributed by atoms with Gasteiger partial charge in [0.05, 0.1) is 6.42 Å². The highest BCUT2D eigenvalue weighted by Crippen LogP contribution is 2.13. The lowest BCUT2D eigenvalue weighted by Gasteiger charge is -2.15. The van der Waals surface area contributed by atoms with Gasteiger partial charge in [-0.25, -0.2) is 0 Å². The van der Waals surface area contributed by atoms with Crippen LogP contribution in [0.15, 0.2) is 28.7 Å². The normalized spacial score (nSPS) is 9.40. The highest BCUT2D eigenvalue weighted by atomic mass is 79.9. The van der Waals surface area contributed by atoms with Gasteiger partial charge in [0.25, 0.3) is 0 Å². The Kier molecular flexibility index (Phi) is 4.38. The molecular formula is C12H12BrNO. The lowest BCUT2D eigenvalue weighted by Crippen LogP contribution is -2.25. The van der Waals surface area contributed by atoms with E-state index in [1.807, 2.05) is 24.3 Å². The molecule has 3 heteroatoms. The van der Waals surface area contributed by atoms with Gasteiger partial charge in [0, 0.05) is 18.1 Å². The van der Waals surface area contributed by atoms with Crippen LogP contribution in [-0.4, -0.2) is 17.9 Å². The molecule has 1 aromatic rings. The zero-order chi connectivity index (χ0) is 11.3. The second kappa shape index (κ2) is 5.57. The first kappa shape index (κ1) is 11.8. The van der Waals surface area contributed by atoms with Gasteiger partial charge in [-0.1, -0.05) is 34.0 Å². The fourth-order valence-corrected chi connectivity index (χ4v) is 1.67. The van der Waals surface area contributed by atoms with E-state index in [9.17, 15) is 4.79 Å². The zero-order valence-electron chi connectivity index (χ0n) is 8.53. The fourth-order valence-electron chi connectivity index (χ4n) is 1.22. The average molecular weight is 266 g/mol. The second-order valence-electron chi connectivity index (χ2n) is 3.26. The number of halogens is 1. The molecule has 2 nitrogen and oxygen atoms in total. The van der Waals surface area contributed by atoms with Crippen molar-refractivity contribution in [2.75, 3.05) is 7.05 Å². The molecule has 0 saturated carbocycles. The van der Waals surface area contributed by atoms with Crippen molar-refractivity contribution in [3.05, 3.63) is 34.3 Å². The van der Waals surface area contributed by atoms with Gasteiger partial charge in [-0.2, -0.15) is 0 Å². The van der Waals surface area contributed by atoms with E-state index in [0.29, 0.717) is 6.54 Å². The molecule has 0 radical (unpaired) electrons. The number of nitrogens with zero attached hydrogens (tertiary/aromatic N) is 1. The van der Waals surface area contributed by atoms with Crippen molar-refractivity contribution in [1.29, 1.82) is 0 Å². The summed E-state index contributed by atoms with van der Waals surface area (Å²) >= 11 is 3.38. The van der Waals surface area contributed by atoms with E-state index >= 15 is 0 Å². The summed E-state index contributed by atoms with van der Waals surface area (Å²) in [5, 5.41) is 0. The SMILES string of the molecule is C#CCC(=O)N(C)Cc1cccc(Br)c1. The van der Waals surface area contributed by atoms with Crippen LogP contribution in [-0.2, 0) is 11.3 Å². The van der Waals surface area contributed by atoms with Gasteiger partial charge in [-0.3, -0.25) is 4.79 Å². The first-order valence-corrected chi connectivity index (χ1v) is 5.34. The molecule has 0 unspecified atom stereocenters. The average Bonchev–Trinajstić information content (AvgIpc) is 2.18. The highest BCUT2D eigenvalue weighted by Gasteiger charge is 2.07. The molecular weight excluding hydrogens is 254 g/mol. The molecule has 1 aromatic carbocycles. The third-order valence-electron chi connectivity index (χ3n) is 1.99. The number of carbonyl (C=O) groups excluding carboxylic acids is 1. The molecule has 0 atom stereocenters. The lowest BCUT2D eigenvalue weighted by molar-refractivity contribution is -0.129. The molecule has 0 aliphatic heterocycles. The van der Waals surface area contributed by atoms with Crippen molar-refractivity contribution in [3.63, 3.8) is 0 Å². The largest absolute Gasteiger partial charge is 0.341 e. The Labute approximate surface area is 98.4 Å². The zero-order valence-corrected chi connectivity index (χ0v) is 10.1. The van der Waals surface area contributed by atoms with Gasteiger partial charge in [0.1, 0.15) is 0 Å². The number of hydrogen-bond donors (Lipinski definition) is 0. The van der Waals surface area contributed by atoms with Gasteiger partial charge in [-0.15, -0.1) is 6.42 Å². The molecule has 0 fully saturated rings. The van der Waals surface area contributed by atoms with Gasteiger partial charge >= 0.3 is 0 Å². The Morgan fingerprint density at radius 1 is 1.60 bits per heavy atom. The predicted octanol–water partition coefficient (Wildman–Crippen LogP) is 2.43. The standard InChI is InChI=1S/C12H12BrNO/c1-3-5-12(15)14(2)9-10-6-4-7-11(13)8-10/h1,4,6-8H,5,9H2,2H3. The Hall–Kier alpha value is -1.27. The molecule has 0 spiro atoms. The number of hydrogen-bond acceptors (Lipinski definition) is 1. The number of carbonyl (C=O) groups is 1. The summed E-state index contributed by atoms with van der Waals surface area (Å²) in [6.07, 6.45) is 5.24. The number of amides is 1. The van der Waals surface area contributed by atoms with Crippen LogP contribution >= 0.6 is 15.9 Å². The van der Waals surface area contributed by atoms with Crippen molar-refractivity contribution in [1.82, 2.24) is 4.90 Å². The van der Waals surface area contributed by atoms with E-state index in [1.165, 1.54) is 0 Å². The van der Waals surface area contributed by atoms with Crippen LogP contribution in [0.5, 0.6) is 0 Å².